The predicted octanol–water partition coefficient (Wildman–Crippen LogP) is 4.18. The van der Waals surface area contributed by atoms with Gasteiger partial charge in [-0.2, -0.15) is 4.98 Å². The van der Waals surface area contributed by atoms with Gasteiger partial charge in [-0.3, -0.25) is 4.79 Å². The first-order chi connectivity index (χ1) is 16.0. The maximum Gasteiger partial charge on any atom is 0.349 e. The Bertz CT molecular complexity index is 1370. The van der Waals surface area contributed by atoms with Gasteiger partial charge >= 0.3 is 5.63 Å². The molecule has 5 rings (SSSR count). The van der Waals surface area contributed by atoms with Crippen LogP contribution in [0.15, 0.2) is 62.3 Å². The van der Waals surface area contributed by atoms with E-state index in [9.17, 15) is 9.59 Å². The number of para-hydroxylation sites is 1. The van der Waals surface area contributed by atoms with E-state index in [1.165, 1.54) is 0 Å². The second kappa shape index (κ2) is 8.54. The Hall–Kier alpha value is -3.94. The van der Waals surface area contributed by atoms with Crippen LogP contribution < -0.4 is 10.4 Å². The topological polar surface area (TPSA) is 98.7 Å². The molecule has 33 heavy (non-hydrogen) atoms. The molecule has 0 radical (unpaired) electrons. The first kappa shape index (κ1) is 20.9. The zero-order valence-corrected chi connectivity index (χ0v) is 18.4. The van der Waals surface area contributed by atoms with Crippen LogP contribution in [0.3, 0.4) is 0 Å². The van der Waals surface area contributed by atoms with Crippen LogP contribution >= 0.6 is 0 Å². The lowest BCUT2D eigenvalue weighted by atomic mass is 9.95. The smallest absolute Gasteiger partial charge is 0.349 e. The Morgan fingerprint density at radius 2 is 1.82 bits per heavy atom. The summed E-state index contributed by atoms with van der Waals surface area (Å²) in [6, 6.07) is 14.7. The summed E-state index contributed by atoms with van der Waals surface area (Å²) in [6.07, 6.45) is 1.35. The number of likely N-dealkylation sites (tertiary alicyclic amines) is 1. The van der Waals surface area contributed by atoms with E-state index in [0.29, 0.717) is 48.8 Å². The fraction of sp³-hybridized carbons (Fsp3) is 0.280. The van der Waals surface area contributed by atoms with Crippen molar-refractivity contribution in [3.05, 3.63) is 76.0 Å². The van der Waals surface area contributed by atoms with Gasteiger partial charge in [-0.25, -0.2) is 4.79 Å². The standard InChI is InChI=1S/C25H23N3O5/c1-15-19-5-3-4-6-20(19)32-25(30)21(15)24(29)28-13-11-17(12-14-28)23-26-22(27-33-23)16-7-9-18(31-2)10-8-16/h3-10,17H,11-14H2,1-2H3. The number of nitrogens with zero attached hydrogens (tertiary/aromatic N) is 3. The molecule has 0 spiro atoms. The van der Waals surface area contributed by atoms with Crippen molar-refractivity contribution in [1.82, 2.24) is 15.0 Å². The maximum atomic E-state index is 13.2. The van der Waals surface area contributed by atoms with E-state index < -0.39 is 5.63 Å². The van der Waals surface area contributed by atoms with Crippen LogP contribution in [0.1, 0.15) is 40.6 Å². The zero-order chi connectivity index (χ0) is 22.9. The van der Waals surface area contributed by atoms with Gasteiger partial charge < -0.3 is 18.6 Å². The number of piperidine rings is 1. The van der Waals surface area contributed by atoms with Gasteiger partial charge in [0, 0.05) is 30.0 Å². The van der Waals surface area contributed by atoms with E-state index in [0.717, 1.165) is 16.7 Å². The first-order valence-corrected chi connectivity index (χ1v) is 10.8. The molecule has 0 bridgehead atoms. The molecule has 1 fully saturated rings. The lowest BCUT2D eigenvalue weighted by Gasteiger charge is -2.30. The number of amides is 1. The number of rotatable bonds is 4. The Morgan fingerprint density at radius 1 is 1.09 bits per heavy atom. The average molecular weight is 445 g/mol. The number of hydrogen-bond acceptors (Lipinski definition) is 7. The van der Waals surface area contributed by atoms with Gasteiger partial charge in [-0.1, -0.05) is 23.4 Å². The van der Waals surface area contributed by atoms with Gasteiger partial charge in [0.25, 0.3) is 5.91 Å². The van der Waals surface area contributed by atoms with Crippen molar-refractivity contribution in [2.24, 2.45) is 0 Å². The highest BCUT2D eigenvalue weighted by molar-refractivity contribution is 5.99. The van der Waals surface area contributed by atoms with Crippen molar-refractivity contribution in [3.63, 3.8) is 0 Å². The average Bonchev–Trinajstić information content (AvgIpc) is 3.34. The normalized spacial score (nSPS) is 14.5. The lowest BCUT2D eigenvalue weighted by Crippen LogP contribution is -2.40. The molecule has 8 nitrogen and oxygen atoms in total. The van der Waals surface area contributed by atoms with Crippen LogP contribution in [-0.2, 0) is 0 Å². The summed E-state index contributed by atoms with van der Waals surface area (Å²) >= 11 is 0. The molecule has 1 amide bonds. The van der Waals surface area contributed by atoms with Crippen LogP contribution in [0.4, 0.5) is 0 Å². The molecule has 168 valence electrons. The van der Waals surface area contributed by atoms with Crippen LogP contribution in [0.2, 0.25) is 0 Å². The van der Waals surface area contributed by atoms with Crippen LogP contribution in [0.5, 0.6) is 5.75 Å². The molecule has 8 heteroatoms. The molecule has 4 aromatic rings. The van der Waals surface area contributed by atoms with E-state index in [1.807, 2.05) is 36.4 Å². The third-order valence-electron chi connectivity index (χ3n) is 6.21. The van der Waals surface area contributed by atoms with Crippen LogP contribution in [0, 0.1) is 6.92 Å². The van der Waals surface area contributed by atoms with Crippen molar-refractivity contribution in [2.45, 2.75) is 25.7 Å². The van der Waals surface area contributed by atoms with Crippen LogP contribution in [-0.4, -0.2) is 41.1 Å². The molecule has 1 aliphatic rings. The van der Waals surface area contributed by atoms with Crippen molar-refractivity contribution in [1.29, 1.82) is 0 Å². The highest BCUT2D eigenvalue weighted by Gasteiger charge is 2.30. The Morgan fingerprint density at radius 3 is 2.55 bits per heavy atom. The summed E-state index contributed by atoms with van der Waals surface area (Å²) in [5.74, 6) is 1.61. The highest BCUT2D eigenvalue weighted by atomic mass is 16.5. The highest BCUT2D eigenvalue weighted by Crippen LogP contribution is 2.30. The van der Waals surface area contributed by atoms with E-state index in [4.69, 9.17) is 13.7 Å². The first-order valence-electron chi connectivity index (χ1n) is 10.8. The summed E-state index contributed by atoms with van der Waals surface area (Å²) in [5, 5.41) is 4.88. The Kier molecular flexibility index (Phi) is 5.42. The van der Waals surface area contributed by atoms with Gasteiger partial charge in [-0.05, 0) is 55.7 Å². The minimum atomic E-state index is -0.598. The van der Waals surface area contributed by atoms with Gasteiger partial charge in [-0.15, -0.1) is 0 Å². The summed E-state index contributed by atoms with van der Waals surface area (Å²) in [7, 11) is 1.62. The summed E-state index contributed by atoms with van der Waals surface area (Å²) < 4.78 is 16.1. The van der Waals surface area contributed by atoms with E-state index >= 15 is 0 Å². The molecule has 0 N–H and O–H groups in total. The minimum Gasteiger partial charge on any atom is -0.497 e. The number of carbonyl (C=O) groups excluding carboxylic acids is 1. The Labute approximate surface area is 189 Å². The van der Waals surface area contributed by atoms with Crippen molar-refractivity contribution in [3.8, 4) is 17.1 Å². The van der Waals surface area contributed by atoms with Crippen molar-refractivity contribution >= 4 is 16.9 Å². The SMILES string of the molecule is COc1ccc(-c2noc(C3CCN(C(=O)c4c(C)c5ccccc5oc4=O)CC3)n2)cc1. The minimum absolute atomic E-state index is 0.0580. The number of benzene rings is 2. The second-order valence-corrected chi connectivity index (χ2v) is 8.14. The fourth-order valence-electron chi connectivity index (χ4n) is 4.30. The number of carbonyl (C=O) groups is 1. The lowest BCUT2D eigenvalue weighted by molar-refractivity contribution is 0.0699. The summed E-state index contributed by atoms with van der Waals surface area (Å²) in [5.41, 5.74) is 1.48. The second-order valence-electron chi connectivity index (χ2n) is 8.14. The summed E-state index contributed by atoms with van der Waals surface area (Å²) in [6.45, 7) is 2.78. The molecule has 0 unspecified atom stereocenters. The third-order valence-corrected chi connectivity index (χ3v) is 6.21. The number of hydrogen-bond donors (Lipinski definition) is 0. The Balaban J connectivity index is 1.30. The fourth-order valence-corrected chi connectivity index (χ4v) is 4.30. The molecule has 2 aromatic carbocycles. The summed E-state index contributed by atoms with van der Waals surface area (Å²) in [4.78, 5) is 32.0. The molecule has 1 aliphatic heterocycles. The monoisotopic (exact) mass is 445 g/mol. The van der Waals surface area contributed by atoms with E-state index in [-0.39, 0.29) is 17.4 Å². The number of ether oxygens (including phenoxy) is 1. The van der Waals surface area contributed by atoms with Gasteiger partial charge in [0.15, 0.2) is 0 Å². The molecule has 2 aromatic heterocycles. The number of aryl methyl sites for hydroxylation is 1. The zero-order valence-electron chi connectivity index (χ0n) is 18.4. The van der Waals surface area contributed by atoms with Gasteiger partial charge in [0.1, 0.15) is 16.9 Å². The van der Waals surface area contributed by atoms with Crippen molar-refractivity contribution in [2.75, 3.05) is 20.2 Å². The maximum absolute atomic E-state index is 13.2. The molecular weight excluding hydrogens is 422 g/mol. The third kappa shape index (κ3) is 3.88. The number of aromatic nitrogens is 2. The molecule has 0 aliphatic carbocycles. The predicted molar refractivity (Wildman–Crippen MR) is 121 cm³/mol. The largest absolute Gasteiger partial charge is 0.497 e. The molecule has 1 saturated heterocycles. The molecule has 0 saturated carbocycles. The van der Waals surface area contributed by atoms with Crippen LogP contribution in [0.25, 0.3) is 22.4 Å². The molecule has 0 atom stereocenters. The van der Waals surface area contributed by atoms with E-state index in [1.54, 1.807) is 31.1 Å². The quantitative estimate of drug-likeness (QED) is 0.435. The van der Waals surface area contributed by atoms with Crippen molar-refractivity contribution < 1.29 is 18.5 Å². The molecular formula is C25H23N3O5. The number of methoxy groups -OCH3 is 1. The molecule has 3 heterocycles. The van der Waals surface area contributed by atoms with E-state index in [2.05, 4.69) is 10.1 Å². The van der Waals surface area contributed by atoms with Gasteiger partial charge in [0.05, 0.1) is 7.11 Å². The van der Waals surface area contributed by atoms with Gasteiger partial charge in [0.2, 0.25) is 11.7 Å². The number of fused-ring (bicyclic) bond motifs is 1.